The second-order valence-electron chi connectivity index (χ2n) is 6.08. The second-order valence-corrected chi connectivity index (χ2v) is 7.16. The lowest BCUT2D eigenvalue weighted by Gasteiger charge is -2.08. The van der Waals surface area contributed by atoms with E-state index in [0.717, 1.165) is 34.1 Å². The average Bonchev–Trinajstić information content (AvgIpc) is 3.28. The summed E-state index contributed by atoms with van der Waals surface area (Å²) in [5.74, 6) is 0.950. The Labute approximate surface area is 156 Å². The van der Waals surface area contributed by atoms with Crippen LogP contribution in [0.4, 0.5) is 0 Å². The van der Waals surface area contributed by atoms with E-state index < -0.39 is 0 Å². The number of hydrogen-bond donors (Lipinski definition) is 1. The molecule has 0 unspecified atom stereocenters. The van der Waals surface area contributed by atoms with E-state index in [4.69, 9.17) is 0 Å². The molecule has 0 fully saturated rings. The van der Waals surface area contributed by atoms with Crippen molar-refractivity contribution in [1.29, 1.82) is 0 Å². The van der Waals surface area contributed by atoms with Gasteiger partial charge in [-0.25, -0.2) is 4.98 Å². The monoisotopic (exact) mass is 367 g/mol. The van der Waals surface area contributed by atoms with Gasteiger partial charge in [-0.05, 0) is 50.1 Å². The number of thiophene rings is 1. The molecule has 3 rings (SSSR count). The van der Waals surface area contributed by atoms with E-state index in [1.807, 2.05) is 43.5 Å². The van der Waals surface area contributed by atoms with Gasteiger partial charge in [-0.15, -0.1) is 11.3 Å². The largest absolute Gasteiger partial charge is 0.352 e. The highest BCUT2D eigenvalue weighted by Crippen LogP contribution is 2.28. The van der Waals surface area contributed by atoms with Gasteiger partial charge in [-0.2, -0.15) is 0 Å². The Bertz CT molecular complexity index is 927. The number of aryl methyl sites for hydroxylation is 2. The van der Waals surface area contributed by atoms with Gasteiger partial charge in [0.15, 0.2) is 5.78 Å². The van der Waals surface area contributed by atoms with E-state index in [1.165, 1.54) is 11.3 Å². The van der Waals surface area contributed by atoms with Crippen LogP contribution in [-0.4, -0.2) is 27.8 Å². The second kappa shape index (κ2) is 8.10. The van der Waals surface area contributed by atoms with Crippen molar-refractivity contribution in [3.8, 4) is 10.4 Å². The number of benzene rings is 1. The van der Waals surface area contributed by atoms with Crippen molar-refractivity contribution in [2.24, 2.45) is 0 Å². The highest BCUT2D eigenvalue weighted by atomic mass is 32.1. The van der Waals surface area contributed by atoms with E-state index in [9.17, 15) is 9.59 Å². The number of Topliss-reactive ketones (excluding diaryl/α,β-unsaturated/α-hetero) is 1. The van der Waals surface area contributed by atoms with Crippen LogP contribution in [0.15, 0.2) is 48.8 Å². The molecule has 2 heterocycles. The predicted octanol–water partition coefficient (Wildman–Crippen LogP) is 3.94. The third-order valence-electron chi connectivity index (χ3n) is 4.15. The number of carbonyl (C=O) groups excluding carboxylic acids is 2. The fourth-order valence-electron chi connectivity index (χ4n) is 2.69. The Balaban J connectivity index is 1.59. The Morgan fingerprint density at radius 3 is 2.77 bits per heavy atom. The number of carbonyl (C=O) groups is 2. The number of amides is 1. The summed E-state index contributed by atoms with van der Waals surface area (Å²) >= 11 is 1.45. The van der Waals surface area contributed by atoms with Crippen LogP contribution >= 0.6 is 11.3 Å². The molecule has 1 amide bonds. The molecule has 1 aromatic carbocycles. The summed E-state index contributed by atoms with van der Waals surface area (Å²) in [4.78, 5) is 29.7. The number of hydrogen-bond acceptors (Lipinski definition) is 4. The summed E-state index contributed by atoms with van der Waals surface area (Å²) < 4.78 is 2.07. The van der Waals surface area contributed by atoms with Crippen LogP contribution in [0.5, 0.6) is 0 Å². The van der Waals surface area contributed by atoms with Crippen LogP contribution in [-0.2, 0) is 6.54 Å². The Morgan fingerprint density at radius 2 is 2.08 bits per heavy atom. The molecule has 26 heavy (non-hydrogen) atoms. The molecule has 0 spiro atoms. The minimum atomic E-state index is -0.0856. The Hall–Kier alpha value is -2.73. The quantitative estimate of drug-likeness (QED) is 0.508. The SMILES string of the molecule is CC(=O)c1ccc(-c2cccc(C(=O)NCCCn3ccnc3C)c2)s1. The zero-order valence-corrected chi connectivity index (χ0v) is 15.7. The lowest BCUT2D eigenvalue weighted by molar-refractivity contribution is 0.0951. The third kappa shape index (κ3) is 4.26. The van der Waals surface area contributed by atoms with Crippen molar-refractivity contribution >= 4 is 23.0 Å². The van der Waals surface area contributed by atoms with Crippen LogP contribution in [0.3, 0.4) is 0 Å². The van der Waals surface area contributed by atoms with Crippen LogP contribution in [0.1, 0.15) is 39.2 Å². The lowest BCUT2D eigenvalue weighted by atomic mass is 10.1. The minimum Gasteiger partial charge on any atom is -0.352 e. The summed E-state index contributed by atoms with van der Waals surface area (Å²) in [6.45, 7) is 4.96. The molecule has 0 saturated carbocycles. The number of nitrogens with one attached hydrogen (secondary N) is 1. The van der Waals surface area contributed by atoms with Crippen molar-refractivity contribution in [1.82, 2.24) is 14.9 Å². The lowest BCUT2D eigenvalue weighted by Crippen LogP contribution is -2.25. The van der Waals surface area contributed by atoms with Crippen LogP contribution < -0.4 is 5.32 Å². The molecule has 0 radical (unpaired) electrons. The maximum atomic E-state index is 12.4. The topological polar surface area (TPSA) is 64.0 Å². The van der Waals surface area contributed by atoms with Gasteiger partial charge in [0.2, 0.25) is 0 Å². The number of rotatable bonds is 7. The van der Waals surface area contributed by atoms with Crippen LogP contribution in [0, 0.1) is 6.92 Å². The van der Waals surface area contributed by atoms with Gasteiger partial charge in [-0.1, -0.05) is 12.1 Å². The van der Waals surface area contributed by atoms with E-state index in [0.29, 0.717) is 12.1 Å². The Morgan fingerprint density at radius 1 is 1.23 bits per heavy atom. The number of nitrogens with zero attached hydrogens (tertiary/aromatic N) is 2. The van der Waals surface area contributed by atoms with E-state index in [-0.39, 0.29) is 11.7 Å². The molecule has 5 nitrogen and oxygen atoms in total. The fraction of sp³-hybridized carbons (Fsp3) is 0.250. The molecule has 1 N–H and O–H groups in total. The first kappa shape index (κ1) is 18.1. The van der Waals surface area contributed by atoms with E-state index >= 15 is 0 Å². The molecule has 2 aromatic heterocycles. The van der Waals surface area contributed by atoms with Crippen molar-refractivity contribution in [2.45, 2.75) is 26.8 Å². The van der Waals surface area contributed by atoms with Crippen molar-refractivity contribution < 1.29 is 9.59 Å². The molecule has 0 atom stereocenters. The summed E-state index contributed by atoms with van der Waals surface area (Å²) in [5.41, 5.74) is 1.57. The smallest absolute Gasteiger partial charge is 0.251 e. The molecule has 0 bridgehead atoms. The van der Waals surface area contributed by atoms with Gasteiger partial charge < -0.3 is 9.88 Å². The molecule has 0 aliphatic carbocycles. The highest BCUT2D eigenvalue weighted by Gasteiger charge is 2.10. The highest BCUT2D eigenvalue weighted by molar-refractivity contribution is 7.17. The van der Waals surface area contributed by atoms with Crippen LogP contribution in [0.25, 0.3) is 10.4 Å². The number of aromatic nitrogens is 2. The molecule has 134 valence electrons. The van der Waals surface area contributed by atoms with Gasteiger partial charge in [0.1, 0.15) is 5.82 Å². The van der Waals surface area contributed by atoms with Crippen molar-refractivity contribution in [3.05, 3.63) is 65.1 Å². The van der Waals surface area contributed by atoms with Gasteiger partial charge in [0, 0.05) is 35.9 Å². The molecular weight excluding hydrogens is 346 g/mol. The summed E-state index contributed by atoms with van der Waals surface area (Å²) in [6, 6.07) is 11.2. The first-order chi connectivity index (χ1) is 12.5. The van der Waals surface area contributed by atoms with Crippen LogP contribution in [0.2, 0.25) is 0 Å². The normalized spacial score (nSPS) is 10.7. The number of imidazole rings is 1. The summed E-state index contributed by atoms with van der Waals surface area (Å²) in [5, 5.41) is 2.96. The van der Waals surface area contributed by atoms with Gasteiger partial charge in [0.25, 0.3) is 5.91 Å². The maximum absolute atomic E-state index is 12.4. The molecule has 0 aliphatic heterocycles. The molecule has 6 heteroatoms. The average molecular weight is 367 g/mol. The molecule has 0 aliphatic rings. The minimum absolute atomic E-state index is 0.0586. The van der Waals surface area contributed by atoms with Crippen molar-refractivity contribution in [2.75, 3.05) is 6.54 Å². The van der Waals surface area contributed by atoms with Gasteiger partial charge in [0.05, 0.1) is 4.88 Å². The zero-order valence-electron chi connectivity index (χ0n) is 14.9. The van der Waals surface area contributed by atoms with Gasteiger partial charge in [-0.3, -0.25) is 9.59 Å². The molecule has 3 aromatic rings. The third-order valence-corrected chi connectivity index (χ3v) is 5.38. The summed E-state index contributed by atoms with van der Waals surface area (Å²) in [6.07, 6.45) is 4.56. The molecule has 0 saturated heterocycles. The maximum Gasteiger partial charge on any atom is 0.251 e. The van der Waals surface area contributed by atoms with E-state index in [2.05, 4.69) is 14.9 Å². The number of ketones is 1. The first-order valence-corrected chi connectivity index (χ1v) is 9.33. The predicted molar refractivity (Wildman–Crippen MR) is 104 cm³/mol. The van der Waals surface area contributed by atoms with E-state index in [1.54, 1.807) is 19.2 Å². The van der Waals surface area contributed by atoms with Gasteiger partial charge >= 0.3 is 0 Å². The van der Waals surface area contributed by atoms with Crippen molar-refractivity contribution in [3.63, 3.8) is 0 Å². The zero-order chi connectivity index (χ0) is 18.5. The standard InChI is InChI=1S/C20H21N3O2S/c1-14(24)18-7-8-19(26-18)16-5-3-6-17(13-16)20(25)22-9-4-11-23-12-10-21-15(23)2/h3,5-8,10,12-13H,4,9,11H2,1-2H3,(H,22,25). The first-order valence-electron chi connectivity index (χ1n) is 8.52. The Kier molecular flexibility index (Phi) is 5.63. The fourth-order valence-corrected chi connectivity index (χ4v) is 3.59. The molecular formula is C20H21N3O2S. The summed E-state index contributed by atoms with van der Waals surface area (Å²) in [7, 11) is 0.